The van der Waals surface area contributed by atoms with Crippen molar-refractivity contribution in [2.45, 2.75) is 38.5 Å². The number of fused-ring (bicyclic) bond motifs is 8. The molecule has 1 nitrogen and oxygen atoms in total. The molecule has 2 aliphatic carbocycles. The van der Waals surface area contributed by atoms with Crippen LogP contribution in [0.5, 0.6) is 0 Å². The summed E-state index contributed by atoms with van der Waals surface area (Å²) in [5.74, 6) is 0. The van der Waals surface area contributed by atoms with Crippen molar-refractivity contribution >= 4 is 27.8 Å². The first-order valence-corrected chi connectivity index (χ1v) is 18.8. The van der Waals surface area contributed by atoms with E-state index in [9.17, 15) is 0 Å². The lowest BCUT2D eigenvalue weighted by atomic mass is 9.79. The van der Waals surface area contributed by atoms with Gasteiger partial charge >= 0.3 is 0 Å². The molecule has 0 aliphatic heterocycles. The van der Waals surface area contributed by atoms with E-state index in [-0.39, 0.29) is 10.8 Å². The van der Waals surface area contributed by atoms with Gasteiger partial charge in [0.05, 0.1) is 11.4 Å². The molecule has 2 aliphatic rings. The predicted octanol–water partition coefficient (Wildman–Crippen LogP) is 14.3. The van der Waals surface area contributed by atoms with E-state index in [0.717, 1.165) is 11.4 Å². The van der Waals surface area contributed by atoms with Crippen molar-refractivity contribution in [2.75, 3.05) is 4.90 Å². The zero-order chi connectivity index (χ0) is 35.9. The number of para-hydroxylation sites is 1. The smallest absolute Gasteiger partial charge is 0.0549 e. The molecular weight excluding hydrogens is 639 g/mol. The lowest BCUT2D eigenvalue weighted by Gasteiger charge is -2.31. The molecule has 0 radical (unpaired) electrons. The van der Waals surface area contributed by atoms with Gasteiger partial charge in [-0.1, -0.05) is 179 Å². The van der Waals surface area contributed by atoms with Gasteiger partial charge in [0.2, 0.25) is 0 Å². The molecule has 0 bridgehead atoms. The first kappa shape index (κ1) is 31.5. The summed E-state index contributed by atoms with van der Waals surface area (Å²) in [6.45, 7) is 9.53. The summed E-state index contributed by atoms with van der Waals surface area (Å²) in [5.41, 5.74) is 19.1. The van der Waals surface area contributed by atoms with Crippen LogP contribution in [0, 0.1) is 0 Å². The van der Waals surface area contributed by atoms with Gasteiger partial charge in [-0.3, -0.25) is 0 Å². The van der Waals surface area contributed by atoms with Crippen LogP contribution in [-0.4, -0.2) is 0 Å². The third-order valence-electron chi connectivity index (χ3n) is 12.0. The third-order valence-corrected chi connectivity index (χ3v) is 12.0. The summed E-state index contributed by atoms with van der Waals surface area (Å²) in [6.07, 6.45) is 0. The van der Waals surface area contributed by atoms with Crippen molar-refractivity contribution in [1.82, 2.24) is 0 Å². The van der Waals surface area contributed by atoms with Crippen LogP contribution in [0.1, 0.15) is 49.9 Å². The molecule has 53 heavy (non-hydrogen) atoms. The van der Waals surface area contributed by atoms with Crippen LogP contribution in [0.4, 0.5) is 17.1 Å². The Labute approximate surface area is 312 Å². The maximum absolute atomic E-state index is 2.52. The maximum Gasteiger partial charge on any atom is 0.0549 e. The summed E-state index contributed by atoms with van der Waals surface area (Å²) in [6, 6.07) is 65.1. The van der Waals surface area contributed by atoms with E-state index in [1.807, 2.05) is 0 Å². The molecule has 0 fully saturated rings. The largest absolute Gasteiger partial charge is 0.309 e. The first-order chi connectivity index (χ1) is 25.8. The van der Waals surface area contributed by atoms with Crippen molar-refractivity contribution in [1.29, 1.82) is 0 Å². The fraction of sp³-hybridized carbons (Fsp3) is 0.115. The van der Waals surface area contributed by atoms with Gasteiger partial charge in [0.15, 0.2) is 0 Å². The standard InChI is InChI=1S/C52H41N/c1-51(2)44-26-13-10-22-41(44)42-25-16-24-39(49(42)51)35-29-31-37(32-30-35)53(46-28-15-12-20-38(46)34-17-6-5-7-18-34)47-33-36-19-8-9-21-40(36)50-48(47)43-23-11-14-27-45(43)52(50,3)4/h5-33H,1-4H3. The van der Waals surface area contributed by atoms with Crippen LogP contribution in [0.2, 0.25) is 0 Å². The minimum atomic E-state index is -0.159. The van der Waals surface area contributed by atoms with E-state index in [2.05, 4.69) is 209 Å². The Balaban J connectivity index is 1.22. The van der Waals surface area contributed by atoms with Crippen molar-refractivity contribution in [2.24, 2.45) is 0 Å². The highest BCUT2D eigenvalue weighted by Crippen LogP contribution is 2.58. The zero-order valence-electron chi connectivity index (χ0n) is 30.7. The Morgan fingerprint density at radius 2 is 0.925 bits per heavy atom. The molecule has 0 saturated carbocycles. The molecule has 0 amide bonds. The van der Waals surface area contributed by atoms with Gasteiger partial charge in [0.1, 0.15) is 0 Å². The molecule has 0 heterocycles. The monoisotopic (exact) mass is 679 g/mol. The Bertz CT molecular complexity index is 2710. The van der Waals surface area contributed by atoms with Crippen molar-refractivity contribution in [3.8, 4) is 44.5 Å². The van der Waals surface area contributed by atoms with Crippen molar-refractivity contribution in [3.05, 3.63) is 198 Å². The molecule has 0 N–H and O–H groups in total. The molecule has 10 rings (SSSR count). The van der Waals surface area contributed by atoms with E-state index in [0.29, 0.717) is 0 Å². The van der Waals surface area contributed by atoms with Gasteiger partial charge in [-0.25, -0.2) is 0 Å². The minimum absolute atomic E-state index is 0.0896. The molecular formula is C52H41N. The van der Waals surface area contributed by atoms with Crippen LogP contribution in [0.15, 0.2) is 176 Å². The molecule has 8 aromatic rings. The van der Waals surface area contributed by atoms with E-state index in [1.54, 1.807) is 0 Å². The van der Waals surface area contributed by atoms with Crippen LogP contribution in [0.3, 0.4) is 0 Å². The van der Waals surface area contributed by atoms with E-state index in [1.165, 1.54) is 83.2 Å². The average molecular weight is 680 g/mol. The quantitative estimate of drug-likeness (QED) is 0.175. The molecule has 0 saturated heterocycles. The van der Waals surface area contributed by atoms with Gasteiger partial charge in [0, 0.05) is 27.6 Å². The van der Waals surface area contributed by atoms with Gasteiger partial charge in [-0.2, -0.15) is 0 Å². The minimum Gasteiger partial charge on any atom is -0.309 e. The molecule has 0 unspecified atom stereocenters. The number of nitrogens with zero attached hydrogens (tertiary/aromatic N) is 1. The lowest BCUT2D eigenvalue weighted by molar-refractivity contribution is 0.662. The highest BCUT2D eigenvalue weighted by atomic mass is 15.1. The molecule has 0 atom stereocenters. The zero-order valence-corrected chi connectivity index (χ0v) is 30.7. The Hall–Kier alpha value is -6.18. The SMILES string of the molecule is CC1(C)c2ccccc2-c2cccc(-c3ccc(N(c4ccccc4-c4ccccc4)c4cc5ccccc5c5c4-c4ccccc4C5(C)C)cc3)c21. The van der Waals surface area contributed by atoms with E-state index >= 15 is 0 Å². The van der Waals surface area contributed by atoms with Crippen LogP contribution < -0.4 is 4.90 Å². The Morgan fingerprint density at radius 3 is 1.70 bits per heavy atom. The number of hydrogen-bond donors (Lipinski definition) is 0. The van der Waals surface area contributed by atoms with Gasteiger partial charge in [-0.15, -0.1) is 0 Å². The number of anilines is 3. The van der Waals surface area contributed by atoms with E-state index < -0.39 is 0 Å². The van der Waals surface area contributed by atoms with Crippen LogP contribution in [-0.2, 0) is 10.8 Å². The average Bonchev–Trinajstić information content (AvgIpc) is 3.59. The topological polar surface area (TPSA) is 3.24 Å². The second kappa shape index (κ2) is 11.7. The Kier molecular flexibility index (Phi) is 6.94. The van der Waals surface area contributed by atoms with Crippen molar-refractivity contribution in [3.63, 3.8) is 0 Å². The third kappa shape index (κ3) is 4.63. The van der Waals surface area contributed by atoms with E-state index in [4.69, 9.17) is 0 Å². The normalized spacial score (nSPS) is 14.3. The van der Waals surface area contributed by atoms with Gasteiger partial charge < -0.3 is 4.90 Å². The second-order valence-electron chi connectivity index (χ2n) is 15.7. The number of benzene rings is 8. The predicted molar refractivity (Wildman–Crippen MR) is 225 cm³/mol. The summed E-state index contributed by atoms with van der Waals surface area (Å²) >= 11 is 0. The lowest BCUT2D eigenvalue weighted by Crippen LogP contribution is -2.17. The summed E-state index contributed by atoms with van der Waals surface area (Å²) in [7, 11) is 0. The highest BCUT2D eigenvalue weighted by molar-refractivity contribution is 6.07. The number of rotatable bonds is 5. The first-order valence-electron chi connectivity index (χ1n) is 18.8. The number of hydrogen-bond acceptors (Lipinski definition) is 1. The fourth-order valence-corrected chi connectivity index (χ4v) is 9.63. The molecule has 0 spiro atoms. The molecule has 254 valence electrons. The van der Waals surface area contributed by atoms with Gasteiger partial charge in [-0.05, 0) is 90.7 Å². The highest BCUT2D eigenvalue weighted by Gasteiger charge is 2.40. The molecule has 1 heteroatoms. The van der Waals surface area contributed by atoms with Crippen LogP contribution >= 0.6 is 0 Å². The molecule has 0 aromatic heterocycles. The maximum atomic E-state index is 2.52. The summed E-state index contributed by atoms with van der Waals surface area (Å²) in [4.78, 5) is 2.52. The summed E-state index contributed by atoms with van der Waals surface area (Å²) in [5, 5.41) is 2.57. The summed E-state index contributed by atoms with van der Waals surface area (Å²) < 4.78 is 0. The molecule has 8 aromatic carbocycles. The van der Waals surface area contributed by atoms with Crippen LogP contribution in [0.25, 0.3) is 55.3 Å². The van der Waals surface area contributed by atoms with Crippen molar-refractivity contribution < 1.29 is 0 Å². The van der Waals surface area contributed by atoms with Gasteiger partial charge in [0.25, 0.3) is 0 Å². The fourth-order valence-electron chi connectivity index (χ4n) is 9.63. The second-order valence-corrected chi connectivity index (χ2v) is 15.7. The Morgan fingerprint density at radius 1 is 0.377 bits per heavy atom.